The highest BCUT2D eigenvalue weighted by Crippen LogP contribution is 1.98. The average Bonchev–Trinajstić information content (AvgIpc) is 2.26. The summed E-state index contributed by atoms with van der Waals surface area (Å²) in [5.74, 6) is 0.157. The Labute approximate surface area is 92.7 Å². The van der Waals surface area contributed by atoms with Crippen molar-refractivity contribution in [2.75, 3.05) is 5.88 Å². The first-order chi connectivity index (χ1) is 7.17. The SMILES string of the molecule is CCC(CCl)NC(=O)c1ccc(=O)[nH]c1. The Balaban J connectivity index is 2.68. The van der Waals surface area contributed by atoms with Gasteiger partial charge < -0.3 is 10.3 Å². The van der Waals surface area contributed by atoms with Crippen LogP contribution >= 0.6 is 11.6 Å². The number of hydrogen-bond acceptors (Lipinski definition) is 2. The Morgan fingerprint density at radius 3 is 2.80 bits per heavy atom. The maximum absolute atomic E-state index is 11.6. The van der Waals surface area contributed by atoms with Crippen LogP contribution in [0.1, 0.15) is 23.7 Å². The fraction of sp³-hybridized carbons (Fsp3) is 0.400. The second-order valence-electron chi connectivity index (χ2n) is 3.17. The van der Waals surface area contributed by atoms with E-state index < -0.39 is 0 Å². The summed E-state index contributed by atoms with van der Waals surface area (Å²) in [6.45, 7) is 1.94. The third kappa shape index (κ3) is 3.40. The van der Waals surface area contributed by atoms with Crippen LogP contribution in [0.15, 0.2) is 23.1 Å². The van der Waals surface area contributed by atoms with E-state index in [-0.39, 0.29) is 17.5 Å². The first-order valence-electron chi connectivity index (χ1n) is 4.73. The minimum atomic E-state index is -0.226. The van der Waals surface area contributed by atoms with Gasteiger partial charge >= 0.3 is 0 Å². The van der Waals surface area contributed by atoms with E-state index in [0.717, 1.165) is 6.42 Å². The molecule has 1 rings (SSSR count). The molecular formula is C10H13ClN2O2. The molecule has 1 aromatic heterocycles. The quantitative estimate of drug-likeness (QED) is 0.759. The van der Waals surface area contributed by atoms with Crippen LogP contribution in [0.4, 0.5) is 0 Å². The zero-order chi connectivity index (χ0) is 11.3. The van der Waals surface area contributed by atoms with Crippen LogP contribution < -0.4 is 10.9 Å². The van der Waals surface area contributed by atoms with Crippen molar-refractivity contribution in [3.8, 4) is 0 Å². The van der Waals surface area contributed by atoms with Gasteiger partial charge in [0.05, 0.1) is 5.56 Å². The van der Waals surface area contributed by atoms with Gasteiger partial charge in [-0.2, -0.15) is 0 Å². The van der Waals surface area contributed by atoms with E-state index in [1.54, 1.807) is 0 Å². The monoisotopic (exact) mass is 228 g/mol. The van der Waals surface area contributed by atoms with Gasteiger partial charge in [0, 0.05) is 24.2 Å². The molecule has 1 atom stereocenters. The minimum Gasteiger partial charge on any atom is -0.348 e. The lowest BCUT2D eigenvalue weighted by molar-refractivity contribution is 0.0939. The van der Waals surface area contributed by atoms with Crippen LogP contribution in [0.25, 0.3) is 0 Å². The molecule has 0 spiro atoms. The Bertz CT molecular complexity index is 365. The van der Waals surface area contributed by atoms with Gasteiger partial charge in [-0.15, -0.1) is 11.6 Å². The van der Waals surface area contributed by atoms with Crippen molar-refractivity contribution in [2.24, 2.45) is 0 Å². The van der Waals surface area contributed by atoms with Crippen LogP contribution in [-0.4, -0.2) is 22.8 Å². The number of carbonyl (C=O) groups is 1. The Hall–Kier alpha value is -1.29. The van der Waals surface area contributed by atoms with Gasteiger partial charge in [0.1, 0.15) is 0 Å². The third-order valence-corrected chi connectivity index (χ3v) is 2.43. The van der Waals surface area contributed by atoms with E-state index in [1.807, 2.05) is 6.92 Å². The summed E-state index contributed by atoms with van der Waals surface area (Å²) in [5.41, 5.74) is 0.203. The van der Waals surface area contributed by atoms with E-state index >= 15 is 0 Å². The van der Waals surface area contributed by atoms with Crippen LogP contribution in [0, 0.1) is 0 Å². The molecule has 0 bridgehead atoms. The predicted molar refractivity (Wildman–Crippen MR) is 59.3 cm³/mol. The standard InChI is InChI=1S/C10H13ClN2O2/c1-2-8(5-11)13-10(15)7-3-4-9(14)12-6-7/h3-4,6,8H,2,5H2,1H3,(H,12,14)(H,13,15). The van der Waals surface area contributed by atoms with Crippen molar-refractivity contribution in [1.29, 1.82) is 0 Å². The molecular weight excluding hydrogens is 216 g/mol. The summed E-state index contributed by atoms with van der Waals surface area (Å²) in [4.78, 5) is 24.8. The number of aromatic amines is 1. The molecule has 82 valence electrons. The number of H-pyrrole nitrogens is 1. The molecule has 0 aliphatic carbocycles. The first kappa shape index (κ1) is 11.8. The first-order valence-corrected chi connectivity index (χ1v) is 5.26. The molecule has 1 heterocycles. The van der Waals surface area contributed by atoms with Crippen LogP contribution in [0.2, 0.25) is 0 Å². The van der Waals surface area contributed by atoms with Gasteiger partial charge in [-0.3, -0.25) is 9.59 Å². The number of halogens is 1. The summed E-state index contributed by atoms with van der Waals surface area (Å²) >= 11 is 5.65. The summed E-state index contributed by atoms with van der Waals surface area (Å²) in [5, 5.41) is 2.76. The van der Waals surface area contributed by atoms with Crippen LogP contribution in [-0.2, 0) is 0 Å². The number of pyridine rings is 1. The fourth-order valence-corrected chi connectivity index (χ4v) is 1.37. The number of carbonyl (C=O) groups excluding carboxylic acids is 1. The maximum Gasteiger partial charge on any atom is 0.253 e. The zero-order valence-corrected chi connectivity index (χ0v) is 9.17. The number of alkyl halides is 1. The van der Waals surface area contributed by atoms with E-state index in [1.165, 1.54) is 18.3 Å². The minimum absolute atomic E-state index is 0.0360. The summed E-state index contributed by atoms with van der Waals surface area (Å²) in [6, 6.07) is 2.76. The van der Waals surface area contributed by atoms with Crippen molar-refractivity contribution in [3.05, 3.63) is 34.2 Å². The van der Waals surface area contributed by atoms with Crippen molar-refractivity contribution in [3.63, 3.8) is 0 Å². The normalized spacial score (nSPS) is 12.1. The van der Waals surface area contributed by atoms with Gasteiger partial charge in [-0.05, 0) is 12.5 Å². The molecule has 1 aromatic rings. The van der Waals surface area contributed by atoms with Gasteiger partial charge in [0.2, 0.25) is 5.56 Å². The van der Waals surface area contributed by atoms with Gasteiger partial charge in [-0.25, -0.2) is 0 Å². The summed E-state index contributed by atoms with van der Waals surface area (Å²) in [6.07, 6.45) is 2.16. The zero-order valence-electron chi connectivity index (χ0n) is 8.42. The molecule has 0 saturated heterocycles. The highest BCUT2D eigenvalue weighted by atomic mass is 35.5. The molecule has 5 heteroatoms. The van der Waals surface area contributed by atoms with Gasteiger partial charge in [0.25, 0.3) is 5.91 Å². The molecule has 0 aliphatic heterocycles. The van der Waals surface area contributed by atoms with E-state index in [9.17, 15) is 9.59 Å². The molecule has 0 radical (unpaired) electrons. The molecule has 1 amide bonds. The van der Waals surface area contributed by atoms with E-state index in [2.05, 4.69) is 10.3 Å². The van der Waals surface area contributed by atoms with Crippen LogP contribution in [0.3, 0.4) is 0 Å². The largest absolute Gasteiger partial charge is 0.348 e. The number of amides is 1. The van der Waals surface area contributed by atoms with Crippen molar-refractivity contribution < 1.29 is 4.79 Å². The molecule has 1 unspecified atom stereocenters. The maximum atomic E-state index is 11.6. The smallest absolute Gasteiger partial charge is 0.253 e. The molecule has 15 heavy (non-hydrogen) atoms. The Kier molecular flexibility index (Phi) is 4.37. The Morgan fingerprint density at radius 2 is 2.33 bits per heavy atom. The molecule has 0 fully saturated rings. The highest BCUT2D eigenvalue weighted by Gasteiger charge is 2.10. The highest BCUT2D eigenvalue weighted by molar-refractivity contribution is 6.18. The molecule has 2 N–H and O–H groups in total. The van der Waals surface area contributed by atoms with E-state index in [0.29, 0.717) is 11.4 Å². The average molecular weight is 229 g/mol. The number of aromatic nitrogens is 1. The van der Waals surface area contributed by atoms with Gasteiger partial charge in [-0.1, -0.05) is 6.92 Å². The van der Waals surface area contributed by atoms with Crippen molar-refractivity contribution in [2.45, 2.75) is 19.4 Å². The van der Waals surface area contributed by atoms with Gasteiger partial charge in [0.15, 0.2) is 0 Å². The molecule has 0 saturated carbocycles. The van der Waals surface area contributed by atoms with Crippen molar-refractivity contribution >= 4 is 17.5 Å². The molecule has 4 nitrogen and oxygen atoms in total. The second-order valence-corrected chi connectivity index (χ2v) is 3.48. The third-order valence-electron chi connectivity index (χ3n) is 2.06. The summed E-state index contributed by atoms with van der Waals surface area (Å²) in [7, 11) is 0. The second kappa shape index (κ2) is 5.56. The number of rotatable bonds is 4. The molecule has 0 aliphatic rings. The van der Waals surface area contributed by atoms with Crippen molar-refractivity contribution in [1.82, 2.24) is 10.3 Å². The predicted octanol–water partition coefficient (Wildman–Crippen LogP) is 1.12. The number of hydrogen-bond donors (Lipinski definition) is 2. The van der Waals surface area contributed by atoms with Crippen LogP contribution in [0.5, 0.6) is 0 Å². The fourth-order valence-electron chi connectivity index (χ4n) is 1.07. The molecule has 0 aromatic carbocycles. The Morgan fingerprint density at radius 1 is 1.60 bits per heavy atom. The summed E-state index contributed by atoms with van der Waals surface area (Å²) < 4.78 is 0. The lowest BCUT2D eigenvalue weighted by atomic mass is 10.2. The lowest BCUT2D eigenvalue weighted by Gasteiger charge is -2.13. The van der Waals surface area contributed by atoms with E-state index in [4.69, 9.17) is 11.6 Å². The topological polar surface area (TPSA) is 62.0 Å². The number of nitrogens with one attached hydrogen (secondary N) is 2. The lowest BCUT2D eigenvalue weighted by Crippen LogP contribution is -2.35.